The topological polar surface area (TPSA) is 73.8 Å². The number of hydrogen-bond acceptors (Lipinski definition) is 8. The molecule has 0 bridgehead atoms. The minimum Gasteiger partial charge on any atom is -0.398 e. The van der Waals surface area contributed by atoms with Crippen molar-refractivity contribution < 1.29 is 35.4 Å². The highest BCUT2D eigenvalue weighted by Crippen LogP contribution is 2.40. The van der Waals surface area contributed by atoms with Crippen LogP contribution >= 0.6 is 0 Å². The van der Waals surface area contributed by atoms with Gasteiger partial charge in [0.25, 0.3) is 0 Å². The molecule has 0 aromatic heterocycles. The van der Waals surface area contributed by atoms with Gasteiger partial charge in [0.15, 0.2) is 0 Å². The Morgan fingerprint density at radius 2 is 0.375 bits per heavy atom. The van der Waals surface area contributed by atoms with Crippen LogP contribution in [0.15, 0.2) is 0 Å². The summed E-state index contributed by atoms with van der Waals surface area (Å²) in [4.78, 5) is 0. The van der Waals surface area contributed by atoms with Gasteiger partial charge in [0.05, 0.1) is 0 Å². The lowest BCUT2D eigenvalue weighted by molar-refractivity contribution is 0.224. The molecule has 0 N–H and O–H groups in total. The summed E-state index contributed by atoms with van der Waals surface area (Å²) in [6.45, 7) is 8.73. The lowest BCUT2D eigenvalue weighted by atomic mass is 10.0. The van der Waals surface area contributed by atoms with E-state index in [0.29, 0.717) is 0 Å². The molecule has 0 saturated heterocycles. The van der Waals surface area contributed by atoms with E-state index < -0.39 is 34.2 Å². The van der Waals surface area contributed by atoms with E-state index in [4.69, 9.17) is 35.4 Å². The van der Waals surface area contributed by atoms with Crippen LogP contribution in [0.1, 0.15) is 128 Å². The monoisotopic (exact) mass is 752 g/mol. The summed E-state index contributed by atoms with van der Waals surface area (Å²) in [5.74, 6) is 0. The molecule has 0 heterocycles. The number of hydrogen-bond donors (Lipinski definition) is 0. The fourth-order valence-corrected chi connectivity index (χ4v) is 17.3. The van der Waals surface area contributed by atoms with Crippen LogP contribution in [-0.2, 0) is 35.4 Å². The first-order valence-corrected chi connectivity index (χ1v) is 28.9. The first-order chi connectivity index (χ1) is 22.9. The highest BCUT2D eigenvalue weighted by atomic mass is 28.4. The van der Waals surface area contributed by atoms with Crippen molar-refractivity contribution in [3.63, 3.8) is 0 Å². The van der Waals surface area contributed by atoms with Gasteiger partial charge >= 0.3 is 34.2 Å². The van der Waals surface area contributed by atoms with Crippen molar-refractivity contribution in [3.05, 3.63) is 0 Å². The standard InChI is InChI=1S/4C9H20O2Si/c4*1-10-12(3,11-2)9-7-5-4-6-8-9/h4*9H,4-8H2,1-3H3. The summed E-state index contributed by atoms with van der Waals surface area (Å²) < 4.78 is 44.3. The Labute approximate surface area is 302 Å². The maximum absolute atomic E-state index is 5.54. The molecule has 0 aromatic rings. The van der Waals surface area contributed by atoms with Gasteiger partial charge in [-0.2, -0.15) is 0 Å². The average molecular weight is 753 g/mol. The third-order valence-corrected chi connectivity index (χ3v) is 27.4. The molecule has 0 unspecified atom stereocenters. The molecule has 0 radical (unpaired) electrons. The van der Waals surface area contributed by atoms with Crippen LogP contribution in [0.2, 0.25) is 48.4 Å². The lowest BCUT2D eigenvalue weighted by Crippen LogP contribution is -2.42. The van der Waals surface area contributed by atoms with Crippen LogP contribution in [0, 0.1) is 0 Å². The summed E-state index contributed by atoms with van der Waals surface area (Å²) in [7, 11) is 7.18. The maximum atomic E-state index is 5.54. The van der Waals surface area contributed by atoms with Crippen molar-refractivity contribution in [3.8, 4) is 0 Å². The molecule has 0 aliphatic heterocycles. The Morgan fingerprint density at radius 1 is 0.250 bits per heavy atom. The van der Waals surface area contributed by atoms with Gasteiger partial charge in [0.2, 0.25) is 0 Å². The van der Waals surface area contributed by atoms with Crippen LogP contribution in [0.3, 0.4) is 0 Å². The second-order valence-corrected chi connectivity index (χ2v) is 29.7. The molecule has 4 fully saturated rings. The summed E-state index contributed by atoms with van der Waals surface area (Å²) in [6, 6.07) is 0. The van der Waals surface area contributed by atoms with Crippen LogP contribution in [0.25, 0.3) is 0 Å². The lowest BCUT2D eigenvalue weighted by Gasteiger charge is -2.34. The molecular weight excluding hydrogens is 673 g/mol. The molecule has 0 spiro atoms. The van der Waals surface area contributed by atoms with Gasteiger partial charge in [-0.15, -0.1) is 0 Å². The fraction of sp³-hybridized carbons (Fsp3) is 1.00. The second kappa shape index (κ2) is 24.7. The summed E-state index contributed by atoms with van der Waals surface area (Å²) in [5.41, 5.74) is 2.89. The van der Waals surface area contributed by atoms with Gasteiger partial charge in [0.1, 0.15) is 0 Å². The Morgan fingerprint density at radius 3 is 0.479 bits per heavy atom. The highest BCUT2D eigenvalue weighted by molar-refractivity contribution is 6.68. The molecule has 4 rings (SSSR count). The maximum Gasteiger partial charge on any atom is 0.337 e. The quantitative estimate of drug-likeness (QED) is 0.182. The predicted octanol–water partition coefficient (Wildman–Crippen LogP) is 10.7. The predicted molar refractivity (Wildman–Crippen MR) is 210 cm³/mol. The first kappa shape index (κ1) is 46.6. The van der Waals surface area contributed by atoms with Gasteiger partial charge in [-0.25, -0.2) is 0 Å². The van der Waals surface area contributed by atoms with Crippen molar-refractivity contribution in [2.75, 3.05) is 56.9 Å². The molecule has 12 heteroatoms. The molecule has 0 atom stereocenters. The first-order valence-electron chi connectivity index (χ1n) is 19.3. The van der Waals surface area contributed by atoms with E-state index in [9.17, 15) is 0 Å². The Kier molecular flexibility index (Phi) is 24.0. The van der Waals surface area contributed by atoms with Gasteiger partial charge in [-0.1, -0.05) is 77.0 Å². The summed E-state index contributed by atoms with van der Waals surface area (Å²) >= 11 is 0. The summed E-state index contributed by atoms with van der Waals surface area (Å²) in [6.07, 6.45) is 27.0. The van der Waals surface area contributed by atoms with E-state index in [0.717, 1.165) is 22.2 Å². The van der Waals surface area contributed by atoms with E-state index >= 15 is 0 Å². The van der Waals surface area contributed by atoms with Gasteiger partial charge in [-0.3, -0.25) is 0 Å². The van der Waals surface area contributed by atoms with Crippen molar-refractivity contribution >= 4 is 34.2 Å². The number of rotatable bonds is 12. The Bertz CT molecular complexity index is 642. The smallest absolute Gasteiger partial charge is 0.337 e. The molecule has 0 amide bonds. The van der Waals surface area contributed by atoms with E-state index in [1.165, 1.54) is 128 Å². The van der Waals surface area contributed by atoms with Gasteiger partial charge in [0, 0.05) is 79.0 Å². The fourth-order valence-electron chi connectivity index (χ4n) is 8.17. The van der Waals surface area contributed by atoms with Crippen LogP contribution in [0.5, 0.6) is 0 Å². The molecule has 8 nitrogen and oxygen atoms in total. The zero-order valence-electron chi connectivity index (χ0n) is 33.7. The van der Waals surface area contributed by atoms with Crippen LogP contribution in [0.4, 0.5) is 0 Å². The minimum absolute atomic E-state index is 0.723. The average Bonchev–Trinajstić information content (AvgIpc) is 3.18. The zero-order valence-corrected chi connectivity index (χ0v) is 37.7. The molecular formula is C36H80O8Si4. The zero-order chi connectivity index (χ0) is 36.1. The largest absolute Gasteiger partial charge is 0.398 e. The Hall–Kier alpha value is 0.548. The van der Waals surface area contributed by atoms with E-state index in [2.05, 4.69) is 26.2 Å². The van der Waals surface area contributed by atoms with Crippen molar-refractivity contribution in [1.82, 2.24) is 0 Å². The molecule has 4 aliphatic rings. The van der Waals surface area contributed by atoms with Crippen molar-refractivity contribution in [1.29, 1.82) is 0 Å². The van der Waals surface area contributed by atoms with E-state index in [1.807, 2.05) is 0 Å². The second-order valence-electron chi connectivity index (χ2n) is 15.0. The van der Waals surface area contributed by atoms with Gasteiger partial charge < -0.3 is 35.4 Å². The highest BCUT2D eigenvalue weighted by Gasteiger charge is 2.42. The van der Waals surface area contributed by atoms with Gasteiger partial charge in [-0.05, 0) is 77.6 Å². The van der Waals surface area contributed by atoms with E-state index in [1.54, 1.807) is 56.9 Å². The van der Waals surface area contributed by atoms with Crippen LogP contribution < -0.4 is 0 Å². The third-order valence-electron chi connectivity index (χ3n) is 12.6. The minimum atomic E-state index is -1.80. The molecule has 288 valence electrons. The Balaban J connectivity index is 0.000000320. The SMILES string of the molecule is CO[Si](C)(OC)C1CCCCC1.CO[Si](C)(OC)C1CCCCC1.CO[Si](C)(OC)C1CCCCC1.CO[Si](C)(OC)C1CCCCC1. The third kappa shape index (κ3) is 14.9. The molecule has 0 aromatic carbocycles. The molecule has 48 heavy (non-hydrogen) atoms. The summed E-state index contributed by atoms with van der Waals surface area (Å²) in [5, 5.41) is 0. The molecule has 4 aliphatic carbocycles. The van der Waals surface area contributed by atoms with E-state index in [-0.39, 0.29) is 0 Å². The molecule has 4 saturated carbocycles. The van der Waals surface area contributed by atoms with Crippen molar-refractivity contribution in [2.45, 2.75) is 177 Å². The normalized spacial score (nSPS) is 21.2. The van der Waals surface area contributed by atoms with Crippen molar-refractivity contribution in [2.24, 2.45) is 0 Å². The van der Waals surface area contributed by atoms with Crippen LogP contribution in [-0.4, -0.2) is 91.1 Å².